The number of allylic oxidation sites excluding steroid dienone is 1. The van der Waals surface area contributed by atoms with Crippen LogP contribution in [0.3, 0.4) is 0 Å². The van der Waals surface area contributed by atoms with E-state index in [1.54, 1.807) is 12.1 Å². The summed E-state index contributed by atoms with van der Waals surface area (Å²) in [4.78, 5) is 11.0. The highest BCUT2D eigenvalue weighted by Gasteiger charge is 2.52. The molecule has 3 heteroatoms. The van der Waals surface area contributed by atoms with Gasteiger partial charge >= 0.3 is 5.97 Å². The molecule has 29 heavy (non-hydrogen) atoms. The van der Waals surface area contributed by atoms with Crippen LogP contribution in [0.4, 0.5) is 0 Å². The van der Waals surface area contributed by atoms with Gasteiger partial charge in [0.05, 0.1) is 5.56 Å². The lowest BCUT2D eigenvalue weighted by Crippen LogP contribution is -2.48. The molecule has 6 rings (SSSR count). The fourth-order valence-corrected chi connectivity index (χ4v) is 6.70. The molecule has 0 atom stereocenters. The molecule has 4 saturated carbocycles. The van der Waals surface area contributed by atoms with E-state index in [1.165, 1.54) is 38.5 Å². The average molecular weight is 389 g/mol. The highest BCUT2D eigenvalue weighted by atomic mass is 16.4. The van der Waals surface area contributed by atoms with Gasteiger partial charge < -0.3 is 10.2 Å². The first-order valence-corrected chi connectivity index (χ1v) is 10.8. The number of carbonyl (C=O) groups is 1. The van der Waals surface area contributed by atoms with Crippen LogP contribution >= 0.6 is 0 Å². The highest BCUT2D eigenvalue weighted by Crippen LogP contribution is 2.61. The van der Waals surface area contributed by atoms with Crippen molar-refractivity contribution in [2.45, 2.75) is 50.9 Å². The van der Waals surface area contributed by atoms with Crippen LogP contribution in [0.15, 0.2) is 42.5 Å². The van der Waals surface area contributed by atoms with Crippen LogP contribution in [0.25, 0.3) is 11.6 Å². The van der Waals surface area contributed by atoms with E-state index in [2.05, 4.69) is 19.1 Å². The Morgan fingerprint density at radius 2 is 1.48 bits per heavy atom. The molecule has 2 aromatic rings. The Balaban J connectivity index is 1.47. The zero-order valence-electron chi connectivity index (χ0n) is 16.9. The predicted molar refractivity (Wildman–Crippen MR) is 115 cm³/mol. The monoisotopic (exact) mass is 388 g/mol. The number of rotatable bonds is 4. The number of carboxylic acid groups (broad SMARTS) is 1. The minimum atomic E-state index is -0.906. The second-order valence-electron chi connectivity index (χ2n) is 9.68. The minimum Gasteiger partial charge on any atom is -0.508 e. The molecule has 4 bridgehead atoms. The number of phenolic OH excluding ortho intramolecular Hbond substituents is 1. The van der Waals surface area contributed by atoms with Crippen LogP contribution in [0.5, 0.6) is 5.75 Å². The van der Waals surface area contributed by atoms with E-state index in [4.69, 9.17) is 5.11 Å². The summed E-state index contributed by atoms with van der Waals surface area (Å²) in [5.41, 5.74) is 4.86. The molecule has 0 amide bonds. The van der Waals surface area contributed by atoms with E-state index in [0.717, 1.165) is 40.0 Å². The summed E-state index contributed by atoms with van der Waals surface area (Å²) < 4.78 is 0. The van der Waals surface area contributed by atoms with Crippen molar-refractivity contribution in [3.05, 3.63) is 64.7 Å². The summed E-state index contributed by atoms with van der Waals surface area (Å²) in [6, 6.07) is 13.0. The molecule has 0 aliphatic heterocycles. The summed E-state index contributed by atoms with van der Waals surface area (Å²) in [6.45, 7) is 2.08. The Hall–Kier alpha value is -2.55. The van der Waals surface area contributed by atoms with Crippen molar-refractivity contribution < 1.29 is 15.0 Å². The first-order valence-electron chi connectivity index (χ1n) is 10.8. The normalized spacial score (nSPS) is 30.5. The molecule has 0 radical (unpaired) electrons. The van der Waals surface area contributed by atoms with Crippen molar-refractivity contribution in [3.8, 4) is 5.75 Å². The smallest absolute Gasteiger partial charge is 0.335 e. The van der Waals surface area contributed by atoms with Gasteiger partial charge in [0, 0.05) is 5.56 Å². The lowest BCUT2D eigenvalue weighted by molar-refractivity contribution is -0.00614. The Kier molecular flexibility index (Phi) is 4.31. The van der Waals surface area contributed by atoms with E-state index in [9.17, 15) is 9.90 Å². The minimum absolute atomic E-state index is 0.165. The topological polar surface area (TPSA) is 57.5 Å². The van der Waals surface area contributed by atoms with Crippen LogP contribution in [0.1, 0.15) is 72.5 Å². The summed E-state index contributed by atoms with van der Waals surface area (Å²) in [5.74, 6) is 2.07. The fourth-order valence-electron chi connectivity index (χ4n) is 6.70. The SMILES string of the molecule is C/C(=C/c1ccc(C(=O)O)cc1)c1ccc(O)c(C23CC4CC(CC(C4)C2)C3)c1. The number of hydrogen-bond donors (Lipinski definition) is 2. The Labute approximate surface area is 172 Å². The maximum atomic E-state index is 11.0. The zero-order chi connectivity index (χ0) is 20.2. The third-order valence-corrected chi connectivity index (χ3v) is 7.60. The molecule has 0 aromatic heterocycles. The molecule has 4 fully saturated rings. The lowest BCUT2D eigenvalue weighted by Gasteiger charge is -2.57. The van der Waals surface area contributed by atoms with Gasteiger partial charge in [-0.15, -0.1) is 0 Å². The van der Waals surface area contributed by atoms with Gasteiger partial charge in [-0.05, 0) is 110 Å². The third-order valence-electron chi connectivity index (χ3n) is 7.60. The predicted octanol–water partition coefficient (Wildman–Crippen LogP) is 6.12. The van der Waals surface area contributed by atoms with Crippen LogP contribution in [0, 0.1) is 17.8 Å². The molecule has 2 N–H and O–H groups in total. The average Bonchev–Trinajstić information content (AvgIpc) is 2.67. The number of aromatic carboxylic acids is 1. The van der Waals surface area contributed by atoms with E-state index in [0.29, 0.717) is 11.3 Å². The van der Waals surface area contributed by atoms with E-state index in [-0.39, 0.29) is 5.41 Å². The number of carboxylic acids is 1. The Bertz CT molecular complexity index is 948. The van der Waals surface area contributed by atoms with Gasteiger partial charge in [-0.1, -0.05) is 24.3 Å². The van der Waals surface area contributed by atoms with Crippen molar-refractivity contribution in [2.75, 3.05) is 0 Å². The molecule has 0 saturated heterocycles. The zero-order valence-corrected chi connectivity index (χ0v) is 16.9. The summed E-state index contributed by atoms with van der Waals surface area (Å²) >= 11 is 0. The third kappa shape index (κ3) is 3.27. The molecule has 2 aromatic carbocycles. The summed E-state index contributed by atoms with van der Waals surface area (Å²) in [5, 5.41) is 19.8. The van der Waals surface area contributed by atoms with Crippen LogP contribution < -0.4 is 0 Å². The molecule has 4 aliphatic carbocycles. The van der Waals surface area contributed by atoms with Crippen molar-refractivity contribution in [1.82, 2.24) is 0 Å². The second kappa shape index (κ2) is 6.76. The van der Waals surface area contributed by atoms with Crippen molar-refractivity contribution in [3.63, 3.8) is 0 Å². The molecule has 4 aliphatic rings. The summed E-state index contributed by atoms with van der Waals surface area (Å²) in [6.07, 6.45) is 9.96. The number of aromatic hydroxyl groups is 1. The molecule has 150 valence electrons. The fraction of sp³-hybridized carbons (Fsp3) is 0.423. The van der Waals surface area contributed by atoms with Crippen LogP contribution in [-0.2, 0) is 5.41 Å². The molecule has 0 unspecified atom stereocenters. The standard InChI is InChI=1S/C26H28O3/c1-16(8-17-2-4-21(5-3-17)25(28)29)22-6-7-24(27)23(12-22)26-13-18-9-19(14-26)11-20(10-18)15-26/h2-8,12,18-20,27H,9-11,13-15H2,1H3,(H,28,29)/b16-8-. The quantitative estimate of drug-likeness (QED) is 0.621. The van der Waals surface area contributed by atoms with Crippen molar-refractivity contribution in [1.29, 1.82) is 0 Å². The van der Waals surface area contributed by atoms with Crippen LogP contribution in [-0.4, -0.2) is 16.2 Å². The molecule has 0 heterocycles. The molecular weight excluding hydrogens is 360 g/mol. The Morgan fingerprint density at radius 1 is 0.931 bits per heavy atom. The van der Waals surface area contributed by atoms with E-state index >= 15 is 0 Å². The molecule has 0 spiro atoms. The van der Waals surface area contributed by atoms with Gasteiger partial charge in [0.2, 0.25) is 0 Å². The van der Waals surface area contributed by atoms with Gasteiger partial charge in [-0.2, -0.15) is 0 Å². The highest BCUT2D eigenvalue weighted by molar-refractivity contribution is 5.88. The number of hydrogen-bond acceptors (Lipinski definition) is 2. The van der Waals surface area contributed by atoms with Gasteiger partial charge in [-0.3, -0.25) is 0 Å². The first kappa shape index (κ1) is 18.5. The first-order chi connectivity index (χ1) is 13.9. The van der Waals surface area contributed by atoms with E-state index in [1.807, 2.05) is 24.3 Å². The van der Waals surface area contributed by atoms with E-state index < -0.39 is 5.97 Å². The summed E-state index contributed by atoms with van der Waals surface area (Å²) in [7, 11) is 0. The second-order valence-corrected chi connectivity index (χ2v) is 9.68. The van der Waals surface area contributed by atoms with Crippen LogP contribution in [0.2, 0.25) is 0 Å². The Morgan fingerprint density at radius 3 is 2.03 bits per heavy atom. The number of benzene rings is 2. The largest absolute Gasteiger partial charge is 0.508 e. The molecular formula is C26H28O3. The number of phenols is 1. The van der Waals surface area contributed by atoms with Gasteiger partial charge in [0.15, 0.2) is 0 Å². The lowest BCUT2D eigenvalue weighted by atomic mass is 9.48. The maximum absolute atomic E-state index is 11.0. The van der Waals surface area contributed by atoms with Gasteiger partial charge in [-0.25, -0.2) is 4.79 Å². The molecule has 3 nitrogen and oxygen atoms in total. The van der Waals surface area contributed by atoms with Gasteiger partial charge in [0.1, 0.15) is 5.75 Å². The van der Waals surface area contributed by atoms with Crippen molar-refractivity contribution >= 4 is 17.6 Å². The maximum Gasteiger partial charge on any atom is 0.335 e. The van der Waals surface area contributed by atoms with Crippen molar-refractivity contribution in [2.24, 2.45) is 17.8 Å². The van der Waals surface area contributed by atoms with Gasteiger partial charge in [0.25, 0.3) is 0 Å².